The molecule has 0 aliphatic rings. The van der Waals surface area contributed by atoms with E-state index >= 15 is 0 Å². The van der Waals surface area contributed by atoms with Crippen LogP contribution in [0.25, 0.3) is 0 Å². The highest BCUT2D eigenvalue weighted by Gasteiger charge is 2.08. The molecule has 0 bridgehead atoms. The Kier molecular flexibility index (Phi) is 10.7. The minimum Gasteiger partial charge on any atom is -0.480 e. The Bertz CT molecular complexity index is 128. The molecule has 0 aromatic heterocycles. The van der Waals surface area contributed by atoms with E-state index in [-0.39, 0.29) is 19.6 Å². The van der Waals surface area contributed by atoms with Crippen LogP contribution < -0.4 is 5.73 Å². The molecule has 0 aromatic carbocycles. The van der Waals surface area contributed by atoms with Gasteiger partial charge in [-0.05, 0) is 13.3 Å². The first-order valence-electron chi connectivity index (χ1n) is 3.83. The van der Waals surface area contributed by atoms with Gasteiger partial charge in [0.25, 0.3) is 0 Å². The third kappa shape index (κ3) is 14.2. The Morgan fingerprint density at radius 3 is 1.92 bits per heavy atom. The molecular formula is C7H17NO5. The standard InChI is InChI=1S/C4H9NO3.C3H8O2/c5-3(1-2-6)4(7)8;1-3(5)2-4/h3,6H,1-2,5H2,(H,7,8);3-5H,2H2,1H3/t3-;/m0./s1. The largest absolute Gasteiger partial charge is 0.480 e. The van der Waals surface area contributed by atoms with Crippen molar-refractivity contribution in [1.82, 2.24) is 0 Å². The predicted molar refractivity (Wildman–Crippen MR) is 46.1 cm³/mol. The second-order valence-electron chi connectivity index (χ2n) is 2.49. The summed E-state index contributed by atoms with van der Waals surface area (Å²) in [6.45, 7) is 1.22. The number of aliphatic hydroxyl groups is 3. The summed E-state index contributed by atoms with van der Waals surface area (Å²) in [6, 6.07) is -0.917. The Morgan fingerprint density at radius 2 is 1.85 bits per heavy atom. The molecule has 80 valence electrons. The van der Waals surface area contributed by atoms with Crippen LogP contribution in [0.4, 0.5) is 0 Å². The molecule has 0 heterocycles. The van der Waals surface area contributed by atoms with Gasteiger partial charge in [-0.2, -0.15) is 0 Å². The van der Waals surface area contributed by atoms with Crippen LogP contribution in [-0.4, -0.2) is 51.8 Å². The summed E-state index contributed by atoms with van der Waals surface area (Å²) in [4.78, 5) is 9.85. The Balaban J connectivity index is 0. The van der Waals surface area contributed by atoms with E-state index in [2.05, 4.69) is 0 Å². The van der Waals surface area contributed by atoms with Crippen LogP contribution in [0, 0.1) is 0 Å². The molecule has 0 saturated carbocycles. The second kappa shape index (κ2) is 9.40. The molecule has 0 rings (SSSR count). The van der Waals surface area contributed by atoms with E-state index in [1.165, 1.54) is 6.92 Å². The Morgan fingerprint density at radius 1 is 1.46 bits per heavy atom. The number of nitrogens with two attached hydrogens (primary N) is 1. The van der Waals surface area contributed by atoms with Gasteiger partial charge in [0.2, 0.25) is 0 Å². The maximum Gasteiger partial charge on any atom is 0.320 e. The minimum absolute atomic E-state index is 0.120. The average molecular weight is 195 g/mol. The average Bonchev–Trinajstić information content (AvgIpc) is 2.06. The number of rotatable bonds is 4. The normalized spacial score (nSPS) is 13.9. The highest BCUT2D eigenvalue weighted by atomic mass is 16.4. The maximum atomic E-state index is 9.85. The van der Waals surface area contributed by atoms with Gasteiger partial charge in [-0.3, -0.25) is 4.79 Å². The summed E-state index contributed by atoms with van der Waals surface area (Å²) < 4.78 is 0. The molecule has 0 aromatic rings. The number of aliphatic hydroxyl groups excluding tert-OH is 3. The summed E-state index contributed by atoms with van der Waals surface area (Å²) in [5, 5.41) is 32.2. The molecule has 0 saturated heterocycles. The summed E-state index contributed by atoms with van der Waals surface area (Å²) in [7, 11) is 0. The number of hydrogen-bond acceptors (Lipinski definition) is 5. The third-order valence-electron chi connectivity index (χ3n) is 1.02. The van der Waals surface area contributed by atoms with Crippen LogP contribution in [0.2, 0.25) is 0 Å². The van der Waals surface area contributed by atoms with Crippen molar-refractivity contribution < 1.29 is 25.2 Å². The lowest BCUT2D eigenvalue weighted by Gasteiger charge is -2.00. The van der Waals surface area contributed by atoms with Crippen molar-refractivity contribution >= 4 is 5.97 Å². The summed E-state index contributed by atoms with van der Waals surface area (Å²) in [5.41, 5.74) is 4.97. The molecule has 0 aliphatic heterocycles. The van der Waals surface area contributed by atoms with E-state index in [0.717, 1.165) is 0 Å². The Labute approximate surface area is 76.6 Å². The first-order valence-corrected chi connectivity index (χ1v) is 3.83. The zero-order valence-electron chi connectivity index (χ0n) is 7.55. The van der Waals surface area contributed by atoms with Gasteiger partial charge >= 0.3 is 5.97 Å². The van der Waals surface area contributed by atoms with Crippen molar-refractivity contribution in [3.05, 3.63) is 0 Å². The number of hydrogen-bond donors (Lipinski definition) is 5. The number of carboxylic acids is 1. The quantitative estimate of drug-likeness (QED) is 0.358. The molecule has 0 amide bonds. The molecule has 0 spiro atoms. The van der Waals surface area contributed by atoms with Crippen molar-refractivity contribution in [3.8, 4) is 0 Å². The van der Waals surface area contributed by atoms with Gasteiger partial charge < -0.3 is 26.2 Å². The molecule has 6 nitrogen and oxygen atoms in total. The monoisotopic (exact) mass is 195 g/mol. The SMILES string of the molecule is CC(O)CO.N[C@@H](CCO)C(=O)O. The first kappa shape index (κ1) is 14.8. The fraction of sp³-hybridized carbons (Fsp3) is 0.857. The highest BCUT2D eigenvalue weighted by Crippen LogP contribution is 1.83. The van der Waals surface area contributed by atoms with Gasteiger partial charge in [0.05, 0.1) is 12.7 Å². The maximum absolute atomic E-state index is 9.85. The van der Waals surface area contributed by atoms with E-state index in [9.17, 15) is 4.79 Å². The van der Waals surface area contributed by atoms with E-state index in [4.69, 9.17) is 26.2 Å². The fourth-order valence-electron chi connectivity index (χ4n) is 0.263. The second-order valence-corrected chi connectivity index (χ2v) is 2.49. The van der Waals surface area contributed by atoms with Crippen molar-refractivity contribution in [2.24, 2.45) is 5.73 Å². The van der Waals surface area contributed by atoms with Crippen LogP contribution in [0.15, 0.2) is 0 Å². The smallest absolute Gasteiger partial charge is 0.320 e. The third-order valence-corrected chi connectivity index (χ3v) is 1.02. The van der Waals surface area contributed by atoms with E-state index in [1.54, 1.807) is 0 Å². The van der Waals surface area contributed by atoms with Gasteiger partial charge in [-0.25, -0.2) is 0 Å². The molecule has 6 N–H and O–H groups in total. The van der Waals surface area contributed by atoms with Crippen LogP contribution in [0.3, 0.4) is 0 Å². The van der Waals surface area contributed by atoms with Crippen molar-refractivity contribution in [2.75, 3.05) is 13.2 Å². The molecule has 1 unspecified atom stereocenters. The zero-order valence-corrected chi connectivity index (χ0v) is 7.55. The Hall–Kier alpha value is -0.690. The molecule has 0 radical (unpaired) electrons. The van der Waals surface area contributed by atoms with Crippen LogP contribution in [0.5, 0.6) is 0 Å². The van der Waals surface area contributed by atoms with Crippen molar-refractivity contribution in [1.29, 1.82) is 0 Å². The van der Waals surface area contributed by atoms with Crippen LogP contribution in [0.1, 0.15) is 13.3 Å². The highest BCUT2D eigenvalue weighted by molar-refractivity contribution is 5.72. The molecule has 13 heavy (non-hydrogen) atoms. The predicted octanol–water partition coefficient (Wildman–Crippen LogP) is -1.86. The molecule has 0 aliphatic carbocycles. The lowest BCUT2D eigenvalue weighted by Crippen LogP contribution is -2.30. The summed E-state index contributed by atoms with van der Waals surface area (Å²) >= 11 is 0. The van der Waals surface area contributed by atoms with Crippen molar-refractivity contribution in [3.63, 3.8) is 0 Å². The van der Waals surface area contributed by atoms with E-state index in [1.807, 2.05) is 0 Å². The van der Waals surface area contributed by atoms with Crippen LogP contribution >= 0.6 is 0 Å². The van der Waals surface area contributed by atoms with Gasteiger partial charge in [0.1, 0.15) is 6.04 Å². The summed E-state index contributed by atoms with van der Waals surface area (Å²) in [5.74, 6) is -1.07. The molecule has 2 atom stereocenters. The number of carboxylic acid groups (broad SMARTS) is 1. The lowest BCUT2D eigenvalue weighted by atomic mass is 10.2. The topological polar surface area (TPSA) is 124 Å². The summed E-state index contributed by atoms with van der Waals surface area (Å²) in [6.07, 6.45) is -0.440. The minimum atomic E-state index is -1.07. The van der Waals surface area contributed by atoms with Gasteiger partial charge in [-0.1, -0.05) is 0 Å². The number of carbonyl (C=O) groups is 1. The van der Waals surface area contributed by atoms with E-state index in [0.29, 0.717) is 0 Å². The lowest BCUT2D eigenvalue weighted by molar-refractivity contribution is -0.138. The fourth-order valence-corrected chi connectivity index (χ4v) is 0.263. The van der Waals surface area contributed by atoms with E-state index < -0.39 is 18.1 Å². The van der Waals surface area contributed by atoms with Crippen molar-refractivity contribution in [2.45, 2.75) is 25.5 Å². The van der Waals surface area contributed by atoms with Gasteiger partial charge in [0, 0.05) is 6.61 Å². The molecule has 0 fully saturated rings. The molecule has 6 heteroatoms. The van der Waals surface area contributed by atoms with Crippen LogP contribution in [-0.2, 0) is 4.79 Å². The van der Waals surface area contributed by atoms with Gasteiger partial charge in [-0.15, -0.1) is 0 Å². The number of aliphatic carboxylic acids is 1. The molecular weight excluding hydrogens is 178 g/mol. The van der Waals surface area contributed by atoms with Gasteiger partial charge in [0.15, 0.2) is 0 Å². The first-order chi connectivity index (χ1) is 5.95. The zero-order chi connectivity index (χ0) is 10.9.